The van der Waals surface area contributed by atoms with Gasteiger partial charge in [0.25, 0.3) is 0 Å². The predicted octanol–water partition coefficient (Wildman–Crippen LogP) is 10.6. The highest BCUT2D eigenvalue weighted by molar-refractivity contribution is 8.13. The van der Waals surface area contributed by atoms with Crippen molar-refractivity contribution in [2.75, 3.05) is 0 Å². The van der Waals surface area contributed by atoms with Crippen LogP contribution in [0.1, 0.15) is 74.8 Å². The van der Waals surface area contributed by atoms with Gasteiger partial charge in [-0.05, 0) is 78.3 Å². The Morgan fingerprint density at radius 3 is 2.21 bits per heavy atom. The molecule has 4 aromatic carbocycles. The second-order valence-electron chi connectivity index (χ2n) is 11.6. The smallest absolute Gasteiger partial charge is 0.141 e. The van der Waals surface area contributed by atoms with E-state index in [2.05, 4.69) is 130 Å². The molecule has 0 amide bonds. The first-order chi connectivity index (χ1) is 20.8. The van der Waals surface area contributed by atoms with Crippen molar-refractivity contribution in [1.29, 1.82) is 0 Å². The first kappa shape index (κ1) is 30.6. The number of hydrogen-bond donors (Lipinski definition) is 1. The molecule has 2 atom stereocenters. The summed E-state index contributed by atoms with van der Waals surface area (Å²) in [5.74, 6) is 6.59. The van der Waals surface area contributed by atoms with Crippen LogP contribution in [0.5, 0.6) is 0 Å². The number of nitrogens with zero attached hydrogens (tertiary/aromatic N) is 2. The number of aromatic nitrogens is 2. The third kappa shape index (κ3) is 6.70. The maximum Gasteiger partial charge on any atom is 0.141 e. The van der Waals surface area contributed by atoms with Crippen molar-refractivity contribution < 1.29 is 0 Å². The molecule has 1 aromatic heterocycles. The van der Waals surface area contributed by atoms with Crippen LogP contribution in [0.3, 0.4) is 0 Å². The zero-order valence-corrected chi connectivity index (χ0v) is 27.0. The van der Waals surface area contributed by atoms with Crippen molar-refractivity contribution in [3.8, 4) is 22.5 Å². The summed E-state index contributed by atoms with van der Waals surface area (Å²) >= 11 is 0. The van der Waals surface area contributed by atoms with Crippen molar-refractivity contribution in [3.63, 3.8) is 0 Å². The normalized spacial score (nSPS) is 12.8. The van der Waals surface area contributed by atoms with Gasteiger partial charge in [0.1, 0.15) is 5.82 Å². The average molecular weight is 588 g/mol. The molecule has 5 aromatic rings. The maximum absolute atomic E-state index is 6.04. The van der Waals surface area contributed by atoms with Crippen LogP contribution in [0.25, 0.3) is 39.2 Å². The van der Waals surface area contributed by atoms with Crippen LogP contribution < -0.4 is 5.73 Å². The summed E-state index contributed by atoms with van der Waals surface area (Å²) in [6.07, 6.45) is 5.60. The number of rotatable bonds is 12. The molecule has 222 valence electrons. The van der Waals surface area contributed by atoms with E-state index in [0.29, 0.717) is 11.7 Å². The molecule has 0 aliphatic rings. The van der Waals surface area contributed by atoms with Gasteiger partial charge in [-0.3, -0.25) is 0 Å². The molecule has 0 spiro atoms. The molecule has 0 aliphatic carbocycles. The van der Waals surface area contributed by atoms with Gasteiger partial charge in [0.15, 0.2) is 0 Å². The van der Waals surface area contributed by atoms with Crippen molar-refractivity contribution in [1.82, 2.24) is 9.55 Å². The Morgan fingerprint density at radius 1 is 0.860 bits per heavy atom. The molecule has 0 aliphatic heterocycles. The molecule has 0 radical (unpaired) electrons. The van der Waals surface area contributed by atoms with Gasteiger partial charge < -0.3 is 10.3 Å². The molecule has 43 heavy (non-hydrogen) atoms. The maximum atomic E-state index is 6.04. The van der Waals surface area contributed by atoms with E-state index in [0.717, 1.165) is 53.0 Å². The number of hydrogen-bond acceptors (Lipinski definition) is 2. The molecule has 2 N–H and O–H groups in total. The van der Waals surface area contributed by atoms with E-state index in [1.54, 1.807) is 0 Å². The van der Waals surface area contributed by atoms with Gasteiger partial charge in [0.05, 0.1) is 11.0 Å². The van der Waals surface area contributed by atoms with Crippen molar-refractivity contribution in [2.24, 2.45) is 5.73 Å². The molecule has 5 rings (SSSR count). The van der Waals surface area contributed by atoms with E-state index < -0.39 is 0 Å². The lowest BCUT2D eigenvalue weighted by Gasteiger charge is -2.21. The zero-order chi connectivity index (χ0) is 30.5. The highest BCUT2D eigenvalue weighted by Crippen LogP contribution is 2.36. The van der Waals surface area contributed by atoms with Gasteiger partial charge in [-0.1, -0.05) is 112 Å². The largest absolute Gasteiger partial charge is 0.399 e. The molecule has 0 saturated carbocycles. The van der Waals surface area contributed by atoms with E-state index in [9.17, 15) is 0 Å². The third-order valence-corrected chi connectivity index (χ3v) is 10.1. The Hall–Kier alpha value is -3.89. The van der Waals surface area contributed by atoms with E-state index in [1.165, 1.54) is 45.6 Å². The van der Waals surface area contributed by atoms with Crippen LogP contribution in [0, 0.1) is 6.92 Å². The Bertz CT molecular complexity index is 1740. The SMILES string of the molecule is C=C(N)c1ccc2c(c1)nc(-c1ccc(S(=C)Cc3cc(-c4ccc(C)cc4)ccc3CC)cc1)n2C(CC)CCCC. The summed E-state index contributed by atoms with van der Waals surface area (Å²) in [4.78, 5) is 6.44. The lowest BCUT2D eigenvalue weighted by atomic mass is 9.98. The summed E-state index contributed by atoms with van der Waals surface area (Å²) in [5, 5.41) is 0. The monoisotopic (exact) mass is 587 g/mol. The van der Waals surface area contributed by atoms with E-state index in [-0.39, 0.29) is 10.5 Å². The molecule has 4 heteroatoms. The highest BCUT2D eigenvalue weighted by atomic mass is 32.2. The van der Waals surface area contributed by atoms with Crippen molar-refractivity contribution in [2.45, 2.75) is 76.5 Å². The summed E-state index contributed by atoms with van der Waals surface area (Å²) in [5.41, 5.74) is 17.4. The van der Waals surface area contributed by atoms with Crippen molar-refractivity contribution >= 4 is 33.1 Å². The molecule has 0 saturated heterocycles. The molecular weight excluding hydrogens is 543 g/mol. The molecular formula is C39H45N3S. The standard InChI is InChI=1S/C39H45N3S/c1-7-10-11-35(9-3)42-38-23-20-32(28(5)40)25-37(38)41-39(42)31-18-21-36(22-19-31)43(6)26-34-24-33(17-16-29(34)8-2)30-14-12-27(4)13-15-30/h12-25,35H,5-11,26,40H2,1-4H3. The number of aryl methyl sites for hydroxylation is 2. The number of imidazole rings is 1. The minimum absolute atomic E-state index is 0.173. The fraction of sp³-hybridized carbons (Fsp3) is 0.282. The van der Waals surface area contributed by atoms with Crippen LogP contribution in [0.2, 0.25) is 0 Å². The van der Waals surface area contributed by atoms with Crippen LogP contribution in [-0.2, 0) is 12.2 Å². The number of benzene rings is 4. The minimum Gasteiger partial charge on any atom is -0.399 e. The molecule has 3 nitrogen and oxygen atoms in total. The van der Waals surface area contributed by atoms with Crippen LogP contribution >= 0.6 is 10.5 Å². The van der Waals surface area contributed by atoms with Gasteiger partial charge in [-0.25, -0.2) is 4.98 Å². The quantitative estimate of drug-likeness (QED) is 0.148. The van der Waals surface area contributed by atoms with Crippen LogP contribution in [-0.4, -0.2) is 15.4 Å². The Balaban J connectivity index is 1.46. The number of nitrogens with two attached hydrogens (primary N) is 1. The first-order valence-electron chi connectivity index (χ1n) is 15.6. The Kier molecular flexibility index (Phi) is 9.67. The molecule has 1 heterocycles. The lowest BCUT2D eigenvalue weighted by Crippen LogP contribution is -2.10. The zero-order valence-electron chi connectivity index (χ0n) is 26.2. The van der Waals surface area contributed by atoms with E-state index >= 15 is 0 Å². The fourth-order valence-corrected chi connectivity index (χ4v) is 7.26. The second-order valence-corrected chi connectivity index (χ2v) is 13.3. The molecule has 0 fully saturated rings. The highest BCUT2D eigenvalue weighted by Gasteiger charge is 2.20. The molecule has 0 bridgehead atoms. The second kappa shape index (κ2) is 13.6. The number of fused-ring (bicyclic) bond motifs is 1. The minimum atomic E-state index is -0.173. The fourth-order valence-electron chi connectivity index (χ4n) is 5.93. The third-order valence-electron chi connectivity index (χ3n) is 8.54. The summed E-state index contributed by atoms with van der Waals surface area (Å²) < 4.78 is 2.46. The van der Waals surface area contributed by atoms with Gasteiger partial charge in [-0.15, -0.1) is 0 Å². The topological polar surface area (TPSA) is 43.8 Å². The van der Waals surface area contributed by atoms with Crippen LogP contribution in [0.4, 0.5) is 0 Å². The summed E-state index contributed by atoms with van der Waals surface area (Å²) in [6.45, 7) is 12.9. The van der Waals surface area contributed by atoms with Gasteiger partial charge in [0.2, 0.25) is 0 Å². The van der Waals surface area contributed by atoms with E-state index in [4.69, 9.17) is 10.7 Å². The Morgan fingerprint density at radius 2 is 1.56 bits per heavy atom. The lowest BCUT2D eigenvalue weighted by molar-refractivity contribution is 0.449. The van der Waals surface area contributed by atoms with Crippen LogP contribution in [0.15, 0.2) is 96.4 Å². The summed E-state index contributed by atoms with van der Waals surface area (Å²) in [6, 6.07) is 31.4. The average Bonchev–Trinajstić information content (AvgIpc) is 3.40. The molecule has 2 unspecified atom stereocenters. The van der Waals surface area contributed by atoms with Gasteiger partial charge in [-0.2, -0.15) is 10.5 Å². The van der Waals surface area contributed by atoms with Gasteiger partial charge in [0, 0.05) is 28.0 Å². The van der Waals surface area contributed by atoms with Gasteiger partial charge >= 0.3 is 0 Å². The first-order valence-corrected chi connectivity index (χ1v) is 17.2. The van der Waals surface area contributed by atoms with Crippen molar-refractivity contribution in [3.05, 3.63) is 114 Å². The Labute approximate surface area is 260 Å². The van der Waals surface area contributed by atoms with E-state index in [1.807, 2.05) is 0 Å². The number of unbranched alkanes of at least 4 members (excludes halogenated alkanes) is 1. The predicted molar refractivity (Wildman–Crippen MR) is 190 cm³/mol. The summed E-state index contributed by atoms with van der Waals surface area (Å²) in [7, 11) is -0.173.